The van der Waals surface area contributed by atoms with Gasteiger partial charge in [-0.2, -0.15) is 0 Å². The second-order valence-corrected chi connectivity index (χ2v) is 1.54. The van der Waals surface area contributed by atoms with Crippen LogP contribution in [0.2, 0.25) is 0 Å². The molecule has 8 heavy (non-hydrogen) atoms. The molecule has 47 valence electrons. The molecular weight excluding hydrogens is 122 g/mol. The van der Waals surface area contributed by atoms with E-state index in [1.54, 1.807) is 13.5 Å². The topological polar surface area (TPSA) is 21.3 Å². The Hall–Kier alpha value is -0.310. The summed E-state index contributed by atoms with van der Waals surface area (Å²) in [6.45, 7) is 6.10. The molecule has 2 nitrogen and oxygen atoms in total. The van der Waals surface area contributed by atoms with Gasteiger partial charge in [-0.1, -0.05) is 0 Å². The zero-order valence-corrected chi connectivity index (χ0v) is 5.92. The molecule has 0 aliphatic rings. The minimum atomic E-state index is 0.440. The van der Waals surface area contributed by atoms with Crippen LogP contribution >= 0.6 is 12.2 Å². The monoisotopic (exact) mass is 132 g/mol. The third-order valence-corrected chi connectivity index (χ3v) is 0.787. The van der Waals surface area contributed by atoms with Crippen molar-refractivity contribution in [3.8, 4) is 0 Å². The van der Waals surface area contributed by atoms with Gasteiger partial charge in [0, 0.05) is 6.54 Å². The maximum Gasteiger partial charge on any atom is 0.257 e. The van der Waals surface area contributed by atoms with Crippen molar-refractivity contribution < 1.29 is 4.74 Å². The van der Waals surface area contributed by atoms with Crippen LogP contribution in [0.5, 0.6) is 0 Å². The predicted molar refractivity (Wildman–Crippen MR) is 37.3 cm³/mol. The first kappa shape index (κ1) is 7.69. The lowest BCUT2D eigenvalue weighted by molar-refractivity contribution is 0.397. The zero-order valence-electron chi connectivity index (χ0n) is 5.10. The van der Waals surface area contributed by atoms with Crippen LogP contribution in [0.3, 0.4) is 0 Å². The van der Waals surface area contributed by atoms with E-state index in [0.29, 0.717) is 5.17 Å². The van der Waals surface area contributed by atoms with E-state index in [2.05, 4.69) is 17.5 Å². The highest BCUT2D eigenvalue weighted by Gasteiger charge is 1.87. The van der Waals surface area contributed by atoms with E-state index in [-0.39, 0.29) is 0 Å². The van der Waals surface area contributed by atoms with Crippen molar-refractivity contribution >= 4 is 17.4 Å². The van der Waals surface area contributed by atoms with Crippen molar-refractivity contribution in [1.82, 2.24) is 5.32 Å². The summed E-state index contributed by atoms with van der Waals surface area (Å²) < 4.78 is 4.78. The largest absolute Gasteiger partial charge is 0.464 e. The Morgan fingerprint density at radius 3 is 2.88 bits per heavy atom. The fraction of sp³-hybridized carbons (Fsp3) is 0.600. The highest BCUT2D eigenvalue weighted by atomic mass is 32.1. The van der Waals surface area contributed by atoms with Crippen LogP contribution in [0.25, 0.3) is 0 Å². The molecule has 0 spiro atoms. The van der Waals surface area contributed by atoms with Crippen LogP contribution in [0.1, 0.15) is 13.8 Å². The number of thiocarbonyl (C=S) groups is 1. The summed E-state index contributed by atoms with van der Waals surface area (Å²) in [4.78, 5) is 0. The first-order chi connectivity index (χ1) is 3.81. The van der Waals surface area contributed by atoms with Crippen molar-refractivity contribution in [3.63, 3.8) is 0 Å². The fourth-order valence-electron chi connectivity index (χ4n) is 0.293. The Morgan fingerprint density at radius 1 is 1.88 bits per heavy atom. The highest BCUT2D eigenvalue weighted by molar-refractivity contribution is 7.80. The van der Waals surface area contributed by atoms with Gasteiger partial charge in [-0.15, -0.1) is 0 Å². The second-order valence-electron chi connectivity index (χ2n) is 1.17. The molecule has 0 rings (SSSR count). The smallest absolute Gasteiger partial charge is 0.257 e. The molecule has 1 radical (unpaired) electrons. The summed E-state index contributed by atoms with van der Waals surface area (Å²) in [6, 6.07) is 0. The van der Waals surface area contributed by atoms with Crippen LogP contribution in [-0.2, 0) is 4.74 Å². The van der Waals surface area contributed by atoms with Crippen LogP contribution < -0.4 is 5.32 Å². The van der Waals surface area contributed by atoms with Gasteiger partial charge in [0.15, 0.2) is 0 Å². The Bertz CT molecular complexity index is 66.8. The molecule has 0 bridgehead atoms. The van der Waals surface area contributed by atoms with Gasteiger partial charge in [-0.3, -0.25) is 0 Å². The van der Waals surface area contributed by atoms with E-state index < -0.39 is 0 Å². The maximum atomic E-state index is 4.78. The predicted octanol–water partition coefficient (Wildman–Crippen LogP) is 1.08. The highest BCUT2D eigenvalue weighted by Crippen LogP contribution is 1.79. The van der Waals surface area contributed by atoms with Crippen molar-refractivity contribution in [2.75, 3.05) is 6.54 Å². The Kier molecular flexibility index (Phi) is 4.65. The normalized spacial score (nSPS) is 8.25. The minimum absolute atomic E-state index is 0.440. The maximum absolute atomic E-state index is 4.78. The molecule has 0 heterocycles. The van der Waals surface area contributed by atoms with Gasteiger partial charge in [-0.25, -0.2) is 0 Å². The quantitative estimate of drug-likeness (QED) is 0.568. The summed E-state index contributed by atoms with van der Waals surface area (Å²) in [6.07, 6.45) is 0. The molecule has 0 saturated heterocycles. The average Bonchev–Trinajstić information content (AvgIpc) is 1.68. The van der Waals surface area contributed by atoms with Crippen LogP contribution in [0.15, 0.2) is 0 Å². The summed E-state index contributed by atoms with van der Waals surface area (Å²) in [5.41, 5.74) is 0. The zero-order chi connectivity index (χ0) is 6.41. The summed E-state index contributed by atoms with van der Waals surface area (Å²) in [5.74, 6) is 0. The van der Waals surface area contributed by atoms with Gasteiger partial charge in [0.25, 0.3) is 5.17 Å². The Balaban J connectivity index is 3.06. The van der Waals surface area contributed by atoms with Crippen molar-refractivity contribution in [2.24, 2.45) is 0 Å². The van der Waals surface area contributed by atoms with E-state index in [0.717, 1.165) is 6.54 Å². The molecule has 0 aromatic rings. The van der Waals surface area contributed by atoms with E-state index in [4.69, 9.17) is 4.74 Å². The third kappa shape index (κ3) is 3.87. The molecule has 0 aromatic heterocycles. The molecular formula is C5H10NOS. The molecule has 0 fully saturated rings. The molecule has 0 aliphatic heterocycles. The lowest BCUT2D eigenvalue weighted by atomic mass is 10.8. The summed E-state index contributed by atoms with van der Waals surface area (Å²) >= 11 is 4.69. The van der Waals surface area contributed by atoms with Crippen molar-refractivity contribution in [3.05, 3.63) is 6.61 Å². The SMILES string of the molecule is C[CH]OC(=S)NCC. The van der Waals surface area contributed by atoms with Crippen LogP contribution in [0.4, 0.5) is 0 Å². The van der Waals surface area contributed by atoms with E-state index in [9.17, 15) is 0 Å². The minimum Gasteiger partial charge on any atom is -0.464 e. The van der Waals surface area contributed by atoms with Gasteiger partial charge in [0.1, 0.15) is 6.61 Å². The van der Waals surface area contributed by atoms with Gasteiger partial charge in [0.2, 0.25) is 0 Å². The molecule has 0 atom stereocenters. The molecule has 0 unspecified atom stereocenters. The standard InChI is InChI=1S/C5H10NOS/c1-3-6-5(8)7-4-2/h4H,3H2,1-2H3,(H,6,8). The summed E-state index contributed by atoms with van der Waals surface area (Å²) in [5, 5.41) is 3.26. The van der Waals surface area contributed by atoms with Gasteiger partial charge < -0.3 is 10.1 Å². The lowest BCUT2D eigenvalue weighted by Crippen LogP contribution is -2.21. The number of hydrogen-bond donors (Lipinski definition) is 1. The van der Waals surface area contributed by atoms with Crippen molar-refractivity contribution in [2.45, 2.75) is 13.8 Å². The molecule has 0 saturated carbocycles. The molecule has 3 heteroatoms. The van der Waals surface area contributed by atoms with E-state index >= 15 is 0 Å². The fourth-order valence-corrected chi connectivity index (χ4v) is 0.534. The van der Waals surface area contributed by atoms with E-state index in [1.165, 1.54) is 0 Å². The lowest BCUT2D eigenvalue weighted by Gasteiger charge is -2.02. The van der Waals surface area contributed by atoms with Crippen LogP contribution in [0, 0.1) is 6.61 Å². The number of ether oxygens (including phenoxy) is 1. The van der Waals surface area contributed by atoms with E-state index in [1.807, 2.05) is 6.92 Å². The first-order valence-electron chi connectivity index (χ1n) is 2.53. The van der Waals surface area contributed by atoms with Gasteiger partial charge >= 0.3 is 0 Å². The Morgan fingerprint density at radius 2 is 2.50 bits per heavy atom. The molecule has 0 aromatic carbocycles. The first-order valence-corrected chi connectivity index (χ1v) is 2.94. The van der Waals surface area contributed by atoms with Crippen molar-refractivity contribution in [1.29, 1.82) is 0 Å². The molecule has 0 amide bonds. The van der Waals surface area contributed by atoms with Gasteiger partial charge in [-0.05, 0) is 26.1 Å². The third-order valence-electron chi connectivity index (χ3n) is 0.546. The van der Waals surface area contributed by atoms with Gasteiger partial charge in [0.05, 0.1) is 0 Å². The number of rotatable bonds is 2. The Labute approximate surface area is 55.2 Å². The summed E-state index contributed by atoms with van der Waals surface area (Å²) in [7, 11) is 0. The number of hydrogen-bond acceptors (Lipinski definition) is 2. The average molecular weight is 132 g/mol. The number of nitrogens with one attached hydrogen (secondary N) is 1. The molecule has 1 N–H and O–H groups in total. The molecule has 0 aliphatic carbocycles. The van der Waals surface area contributed by atoms with Crippen LogP contribution in [-0.4, -0.2) is 11.7 Å². The second kappa shape index (κ2) is 4.84.